The van der Waals surface area contributed by atoms with Crippen molar-refractivity contribution in [1.29, 1.82) is 0 Å². The molecule has 0 radical (unpaired) electrons. The van der Waals surface area contributed by atoms with Crippen molar-refractivity contribution in [1.82, 2.24) is 4.98 Å². The smallest absolute Gasteiger partial charge is 0.239 e. The van der Waals surface area contributed by atoms with Crippen molar-refractivity contribution in [2.75, 3.05) is 0 Å². The fourth-order valence-corrected chi connectivity index (χ4v) is 1.35. The average molecular weight is 201 g/mol. The summed E-state index contributed by atoms with van der Waals surface area (Å²) in [6, 6.07) is 1.17. The van der Waals surface area contributed by atoms with Crippen LogP contribution in [-0.4, -0.2) is 13.4 Å². The lowest BCUT2D eigenvalue weighted by molar-refractivity contribution is 0.597. The van der Waals surface area contributed by atoms with E-state index in [1.54, 1.807) is 6.92 Å². The van der Waals surface area contributed by atoms with E-state index in [-0.39, 0.29) is 10.9 Å². The Labute approximate surface area is 76.8 Å². The summed E-state index contributed by atoms with van der Waals surface area (Å²) >= 11 is 0. The highest BCUT2D eigenvalue weighted by Gasteiger charge is 2.09. The van der Waals surface area contributed by atoms with Crippen molar-refractivity contribution in [2.24, 2.45) is 10.9 Å². The fraction of sp³-hybridized carbons (Fsp3) is 0.286. The van der Waals surface area contributed by atoms with Gasteiger partial charge in [0, 0.05) is 18.4 Å². The molecule has 0 unspecified atom stereocenters. The lowest BCUT2D eigenvalue weighted by Crippen LogP contribution is -2.14. The second kappa shape index (κ2) is 3.41. The zero-order valence-corrected chi connectivity index (χ0v) is 7.95. The maximum Gasteiger partial charge on any atom is 0.239 e. The van der Waals surface area contributed by atoms with Gasteiger partial charge in [0.1, 0.15) is 4.90 Å². The molecule has 0 amide bonds. The van der Waals surface area contributed by atoms with E-state index in [0.29, 0.717) is 5.56 Å². The number of primary sulfonamides is 1. The largest absolute Gasteiger partial charge is 0.324 e. The molecule has 0 saturated carbocycles. The Kier molecular flexibility index (Phi) is 2.65. The van der Waals surface area contributed by atoms with Crippen LogP contribution >= 0.6 is 0 Å². The molecule has 0 aliphatic carbocycles. The maximum atomic E-state index is 10.9. The molecule has 0 aromatic carbocycles. The van der Waals surface area contributed by atoms with E-state index in [2.05, 4.69) is 4.98 Å². The molecule has 1 aromatic heterocycles. The van der Waals surface area contributed by atoms with Crippen LogP contribution in [0, 0.1) is 0 Å². The van der Waals surface area contributed by atoms with Gasteiger partial charge in [-0.3, -0.25) is 4.98 Å². The molecule has 4 N–H and O–H groups in total. The molecule has 1 rings (SSSR count). The van der Waals surface area contributed by atoms with Crippen molar-refractivity contribution in [3.63, 3.8) is 0 Å². The van der Waals surface area contributed by atoms with Crippen LogP contribution in [-0.2, 0) is 10.0 Å². The lowest BCUT2D eigenvalue weighted by atomic mass is 10.2. The number of hydrogen-bond donors (Lipinski definition) is 2. The van der Waals surface area contributed by atoms with Gasteiger partial charge in [-0.1, -0.05) is 0 Å². The summed E-state index contributed by atoms with van der Waals surface area (Å²) in [7, 11) is -3.68. The van der Waals surface area contributed by atoms with Crippen LogP contribution in [0.4, 0.5) is 0 Å². The van der Waals surface area contributed by atoms with E-state index in [0.717, 1.165) is 0 Å². The number of aromatic nitrogens is 1. The lowest BCUT2D eigenvalue weighted by Gasteiger charge is -2.05. The highest BCUT2D eigenvalue weighted by atomic mass is 32.2. The first kappa shape index (κ1) is 10.1. The van der Waals surface area contributed by atoms with Crippen LogP contribution in [0.3, 0.4) is 0 Å². The molecule has 72 valence electrons. The number of rotatable bonds is 2. The highest BCUT2D eigenvalue weighted by Crippen LogP contribution is 2.12. The molecule has 13 heavy (non-hydrogen) atoms. The molecule has 6 heteroatoms. The number of nitrogens with zero attached hydrogens (tertiary/aromatic N) is 1. The molecule has 0 bridgehead atoms. The summed E-state index contributed by atoms with van der Waals surface area (Å²) < 4.78 is 21.8. The van der Waals surface area contributed by atoms with Gasteiger partial charge in [0.15, 0.2) is 0 Å². The van der Waals surface area contributed by atoms with Crippen LogP contribution in [0.5, 0.6) is 0 Å². The van der Waals surface area contributed by atoms with Crippen molar-refractivity contribution >= 4 is 10.0 Å². The summed E-state index contributed by atoms with van der Waals surface area (Å²) in [5, 5.41) is 4.92. The molecule has 0 aliphatic rings. The molecule has 0 fully saturated rings. The van der Waals surface area contributed by atoms with E-state index in [9.17, 15) is 8.42 Å². The summed E-state index contributed by atoms with van der Waals surface area (Å²) in [6.45, 7) is 1.74. The summed E-state index contributed by atoms with van der Waals surface area (Å²) in [4.78, 5) is 3.72. The van der Waals surface area contributed by atoms with Crippen molar-refractivity contribution in [3.8, 4) is 0 Å². The first-order valence-corrected chi connectivity index (χ1v) is 5.19. The number of hydrogen-bond acceptors (Lipinski definition) is 4. The van der Waals surface area contributed by atoms with Crippen molar-refractivity contribution in [2.45, 2.75) is 17.9 Å². The number of sulfonamides is 1. The van der Waals surface area contributed by atoms with Crippen LogP contribution in [0.2, 0.25) is 0 Å². The third kappa shape index (κ3) is 2.48. The third-order valence-electron chi connectivity index (χ3n) is 1.59. The van der Waals surface area contributed by atoms with Crippen LogP contribution in [0.15, 0.2) is 23.4 Å². The first-order valence-electron chi connectivity index (χ1n) is 3.64. The molecular weight excluding hydrogens is 190 g/mol. The Morgan fingerprint density at radius 3 is 2.54 bits per heavy atom. The van der Waals surface area contributed by atoms with E-state index in [1.807, 2.05) is 0 Å². The molecule has 0 aliphatic heterocycles. The van der Waals surface area contributed by atoms with Gasteiger partial charge >= 0.3 is 0 Å². The van der Waals surface area contributed by atoms with E-state index >= 15 is 0 Å². The second-order valence-electron chi connectivity index (χ2n) is 2.79. The maximum absolute atomic E-state index is 10.9. The monoisotopic (exact) mass is 201 g/mol. The van der Waals surface area contributed by atoms with Gasteiger partial charge in [0.25, 0.3) is 0 Å². The molecule has 1 atom stereocenters. The van der Waals surface area contributed by atoms with Gasteiger partial charge in [-0.2, -0.15) is 0 Å². The predicted octanol–water partition coefficient (Wildman–Crippen LogP) is -0.251. The van der Waals surface area contributed by atoms with Crippen LogP contribution in [0.1, 0.15) is 18.5 Å². The quantitative estimate of drug-likeness (QED) is 0.689. The second-order valence-corrected chi connectivity index (χ2v) is 4.35. The Morgan fingerprint density at radius 1 is 1.46 bits per heavy atom. The van der Waals surface area contributed by atoms with Gasteiger partial charge < -0.3 is 5.73 Å². The Bertz CT molecular complexity index is 400. The van der Waals surface area contributed by atoms with Crippen LogP contribution < -0.4 is 10.9 Å². The molecule has 0 spiro atoms. The molecule has 5 nitrogen and oxygen atoms in total. The van der Waals surface area contributed by atoms with Crippen LogP contribution in [0.25, 0.3) is 0 Å². The minimum Gasteiger partial charge on any atom is -0.324 e. The minimum absolute atomic E-state index is 0.0118. The molecule has 0 saturated heterocycles. The number of pyridine rings is 1. The normalized spacial score (nSPS) is 14.1. The van der Waals surface area contributed by atoms with Gasteiger partial charge in [-0.05, 0) is 18.6 Å². The summed E-state index contributed by atoms with van der Waals surface area (Å²) in [5.41, 5.74) is 6.20. The zero-order valence-electron chi connectivity index (χ0n) is 7.14. The topological polar surface area (TPSA) is 99.1 Å². The SMILES string of the molecule is C[C@H](N)c1cncc(S(N)(=O)=O)c1. The van der Waals surface area contributed by atoms with Gasteiger partial charge in [0.2, 0.25) is 10.0 Å². The molecule has 1 heterocycles. The van der Waals surface area contributed by atoms with Gasteiger partial charge in [-0.15, -0.1) is 0 Å². The van der Waals surface area contributed by atoms with E-state index < -0.39 is 10.0 Å². The Balaban J connectivity index is 3.21. The summed E-state index contributed by atoms with van der Waals surface area (Å²) in [6.07, 6.45) is 2.71. The fourth-order valence-electron chi connectivity index (χ4n) is 0.840. The highest BCUT2D eigenvalue weighted by molar-refractivity contribution is 7.89. The van der Waals surface area contributed by atoms with Crippen molar-refractivity contribution in [3.05, 3.63) is 24.0 Å². The minimum atomic E-state index is -3.68. The predicted molar refractivity (Wildman–Crippen MR) is 48.2 cm³/mol. The van der Waals surface area contributed by atoms with E-state index in [4.69, 9.17) is 10.9 Å². The molecule has 1 aromatic rings. The zero-order chi connectivity index (χ0) is 10.1. The average Bonchev–Trinajstić information content (AvgIpc) is 2.03. The summed E-state index contributed by atoms with van der Waals surface area (Å²) in [5.74, 6) is 0. The number of nitrogens with two attached hydrogens (primary N) is 2. The Morgan fingerprint density at radius 2 is 2.08 bits per heavy atom. The Hall–Kier alpha value is -0.980. The van der Waals surface area contributed by atoms with E-state index in [1.165, 1.54) is 18.5 Å². The first-order chi connectivity index (χ1) is 5.91. The van der Waals surface area contributed by atoms with Gasteiger partial charge in [-0.25, -0.2) is 13.6 Å². The van der Waals surface area contributed by atoms with Gasteiger partial charge in [0.05, 0.1) is 0 Å². The molecular formula is C7H11N3O2S. The third-order valence-corrected chi connectivity index (χ3v) is 2.47. The standard InChI is InChI=1S/C7H11N3O2S/c1-5(8)6-2-7(4-10-3-6)13(9,11)12/h2-5H,8H2,1H3,(H2,9,11,12)/t5-/m0/s1. The van der Waals surface area contributed by atoms with Crippen molar-refractivity contribution < 1.29 is 8.42 Å².